The Morgan fingerprint density at radius 2 is 2.10 bits per heavy atom. The van der Waals surface area contributed by atoms with Gasteiger partial charge in [0.05, 0.1) is 16.1 Å². The average molecular weight is 306 g/mol. The van der Waals surface area contributed by atoms with Crippen molar-refractivity contribution in [1.82, 2.24) is 5.32 Å². The summed E-state index contributed by atoms with van der Waals surface area (Å²) in [7, 11) is 0. The lowest BCUT2D eigenvalue weighted by Gasteiger charge is -2.06. The molecule has 0 spiro atoms. The van der Waals surface area contributed by atoms with Crippen LogP contribution in [0.4, 0.5) is 5.00 Å². The Labute approximate surface area is 127 Å². The van der Waals surface area contributed by atoms with E-state index < -0.39 is 0 Å². The van der Waals surface area contributed by atoms with Crippen molar-refractivity contribution in [3.8, 4) is 0 Å². The van der Waals surface area contributed by atoms with Gasteiger partial charge in [-0.2, -0.15) is 0 Å². The van der Waals surface area contributed by atoms with E-state index in [4.69, 9.17) is 4.42 Å². The molecule has 2 N–H and O–H groups in total. The topological polar surface area (TPSA) is 71.3 Å². The van der Waals surface area contributed by atoms with Gasteiger partial charge in [-0.05, 0) is 36.6 Å². The molecule has 0 unspecified atom stereocenters. The van der Waals surface area contributed by atoms with Crippen LogP contribution in [0.2, 0.25) is 0 Å². The summed E-state index contributed by atoms with van der Waals surface area (Å²) in [6, 6.07) is 5.03. The third kappa shape index (κ3) is 3.95. The van der Waals surface area contributed by atoms with Crippen LogP contribution in [0.25, 0.3) is 0 Å². The molecular weight excluding hydrogens is 288 g/mol. The Kier molecular flexibility index (Phi) is 4.80. The predicted molar refractivity (Wildman–Crippen MR) is 82.9 cm³/mol. The van der Waals surface area contributed by atoms with Gasteiger partial charge in [-0.25, -0.2) is 0 Å². The lowest BCUT2D eigenvalue weighted by atomic mass is 10.2. The van der Waals surface area contributed by atoms with Crippen molar-refractivity contribution in [3.05, 3.63) is 40.7 Å². The number of furan rings is 1. The number of aryl methyl sites for hydroxylation is 1. The number of thiophene rings is 1. The number of amides is 2. The van der Waals surface area contributed by atoms with Crippen molar-refractivity contribution in [1.29, 1.82) is 0 Å². The molecule has 0 aliphatic carbocycles. The molecule has 0 saturated carbocycles. The smallest absolute Gasteiger partial charge is 0.291 e. The van der Waals surface area contributed by atoms with E-state index in [1.54, 1.807) is 18.2 Å². The third-order valence-corrected chi connectivity index (χ3v) is 3.93. The largest absolute Gasteiger partial charge is 0.459 e. The second-order valence-corrected chi connectivity index (χ2v) is 6.21. The highest BCUT2D eigenvalue weighted by Crippen LogP contribution is 2.27. The number of nitrogens with one attached hydrogen (secondary N) is 2. The van der Waals surface area contributed by atoms with E-state index in [-0.39, 0.29) is 17.6 Å². The molecule has 5 nitrogen and oxygen atoms in total. The normalized spacial score (nSPS) is 10.7. The number of hydrogen-bond donors (Lipinski definition) is 2. The van der Waals surface area contributed by atoms with Gasteiger partial charge in [0.2, 0.25) is 0 Å². The summed E-state index contributed by atoms with van der Waals surface area (Å²) in [5.41, 5.74) is 0.844. The summed E-state index contributed by atoms with van der Waals surface area (Å²) < 4.78 is 5.03. The third-order valence-electron chi connectivity index (χ3n) is 2.78. The van der Waals surface area contributed by atoms with Crippen LogP contribution in [0.15, 0.2) is 28.9 Å². The second-order valence-electron chi connectivity index (χ2n) is 5.16. The number of carbonyl (C=O) groups is 2. The molecule has 0 radical (unpaired) electrons. The molecule has 0 aliphatic rings. The summed E-state index contributed by atoms with van der Waals surface area (Å²) in [6.45, 7) is 6.56. The molecule has 0 bridgehead atoms. The van der Waals surface area contributed by atoms with Crippen LogP contribution in [0.3, 0.4) is 0 Å². The van der Waals surface area contributed by atoms with Crippen LogP contribution in [-0.2, 0) is 0 Å². The van der Waals surface area contributed by atoms with Gasteiger partial charge in [-0.3, -0.25) is 9.59 Å². The summed E-state index contributed by atoms with van der Waals surface area (Å²) in [4.78, 5) is 24.6. The van der Waals surface area contributed by atoms with E-state index in [9.17, 15) is 9.59 Å². The standard InChI is InChI=1S/C15H18N2O3S/c1-9(2)8-16-15(19)13-10(3)7-12(21-13)17-14(18)11-5-4-6-20-11/h4-7,9H,8H2,1-3H3,(H,16,19)(H,17,18). The Morgan fingerprint density at radius 1 is 1.33 bits per heavy atom. The number of carbonyl (C=O) groups excluding carboxylic acids is 2. The van der Waals surface area contributed by atoms with Crippen LogP contribution < -0.4 is 10.6 Å². The molecule has 0 aliphatic heterocycles. The minimum absolute atomic E-state index is 0.107. The lowest BCUT2D eigenvalue weighted by molar-refractivity contribution is 0.0951. The number of anilines is 1. The molecule has 0 saturated heterocycles. The summed E-state index contributed by atoms with van der Waals surface area (Å²) in [5.74, 6) is 0.208. The van der Waals surface area contributed by atoms with E-state index in [1.165, 1.54) is 17.6 Å². The summed E-state index contributed by atoms with van der Waals surface area (Å²) in [5, 5.41) is 6.23. The van der Waals surface area contributed by atoms with Crippen LogP contribution in [0.1, 0.15) is 39.6 Å². The lowest BCUT2D eigenvalue weighted by Crippen LogP contribution is -2.27. The molecule has 0 atom stereocenters. The van der Waals surface area contributed by atoms with E-state index >= 15 is 0 Å². The van der Waals surface area contributed by atoms with Gasteiger partial charge >= 0.3 is 0 Å². The van der Waals surface area contributed by atoms with Crippen LogP contribution in [0, 0.1) is 12.8 Å². The Bertz CT molecular complexity index is 629. The monoisotopic (exact) mass is 306 g/mol. The summed E-state index contributed by atoms with van der Waals surface area (Å²) in [6.07, 6.45) is 1.44. The second kappa shape index (κ2) is 6.58. The van der Waals surface area contributed by atoms with E-state index in [0.717, 1.165) is 5.56 Å². The zero-order valence-corrected chi connectivity index (χ0v) is 13.0. The molecule has 2 heterocycles. The minimum Gasteiger partial charge on any atom is -0.459 e. The van der Waals surface area contributed by atoms with Gasteiger partial charge in [0.15, 0.2) is 5.76 Å². The summed E-state index contributed by atoms with van der Waals surface area (Å²) >= 11 is 1.26. The van der Waals surface area contributed by atoms with Crippen molar-refractivity contribution in [2.24, 2.45) is 5.92 Å². The first kappa shape index (κ1) is 15.3. The highest BCUT2D eigenvalue weighted by atomic mass is 32.1. The molecule has 112 valence electrons. The maximum atomic E-state index is 12.1. The fraction of sp³-hybridized carbons (Fsp3) is 0.333. The highest BCUT2D eigenvalue weighted by molar-refractivity contribution is 7.18. The predicted octanol–water partition coefficient (Wildman–Crippen LogP) is 3.29. The first-order chi connectivity index (χ1) is 9.97. The zero-order valence-electron chi connectivity index (χ0n) is 12.2. The number of hydrogen-bond acceptors (Lipinski definition) is 4. The SMILES string of the molecule is Cc1cc(NC(=O)c2ccco2)sc1C(=O)NCC(C)C. The first-order valence-corrected chi connectivity index (χ1v) is 7.52. The molecule has 2 aromatic heterocycles. The Morgan fingerprint density at radius 3 is 2.71 bits per heavy atom. The van der Waals surface area contributed by atoms with Gasteiger partial charge in [0.1, 0.15) is 0 Å². The van der Waals surface area contributed by atoms with Crippen molar-refractivity contribution in [2.45, 2.75) is 20.8 Å². The van der Waals surface area contributed by atoms with E-state index in [0.29, 0.717) is 22.3 Å². The molecule has 21 heavy (non-hydrogen) atoms. The maximum absolute atomic E-state index is 12.1. The highest BCUT2D eigenvalue weighted by Gasteiger charge is 2.16. The van der Waals surface area contributed by atoms with Crippen LogP contribution >= 0.6 is 11.3 Å². The van der Waals surface area contributed by atoms with Crippen LogP contribution in [-0.4, -0.2) is 18.4 Å². The Balaban J connectivity index is 2.05. The van der Waals surface area contributed by atoms with Crippen molar-refractivity contribution in [3.63, 3.8) is 0 Å². The van der Waals surface area contributed by atoms with Crippen molar-refractivity contribution >= 4 is 28.2 Å². The maximum Gasteiger partial charge on any atom is 0.291 e. The zero-order chi connectivity index (χ0) is 15.4. The molecular formula is C15H18N2O3S. The number of rotatable bonds is 5. The average Bonchev–Trinajstić information content (AvgIpc) is 3.05. The quantitative estimate of drug-likeness (QED) is 0.890. The fourth-order valence-electron chi connectivity index (χ4n) is 1.73. The van der Waals surface area contributed by atoms with Gasteiger partial charge in [-0.15, -0.1) is 11.3 Å². The Hall–Kier alpha value is -2.08. The van der Waals surface area contributed by atoms with Gasteiger partial charge < -0.3 is 15.1 Å². The van der Waals surface area contributed by atoms with Gasteiger partial charge in [0, 0.05) is 6.54 Å². The van der Waals surface area contributed by atoms with Crippen LogP contribution in [0.5, 0.6) is 0 Å². The minimum atomic E-state index is -0.324. The van der Waals surface area contributed by atoms with Gasteiger partial charge in [-0.1, -0.05) is 13.8 Å². The molecule has 2 aromatic rings. The molecule has 0 fully saturated rings. The first-order valence-electron chi connectivity index (χ1n) is 6.71. The van der Waals surface area contributed by atoms with Crippen molar-refractivity contribution < 1.29 is 14.0 Å². The molecule has 0 aromatic carbocycles. The molecule has 2 amide bonds. The van der Waals surface area contributed by atoms with E-state index in [1.807, 2.05) is 20.8 Å². The fourth-order valence-corrected chi connectivity index (χ4v) is 2.71. The van der Waals surface area contributed by atoms with E-state index in [2.05, 4.69) is 10.6 Å². The molecule has 2 rings (SSSR count). The van der Waals surface area contributed by atoms with Crippen molar-refractivity contribution in [2.75, 3.05) is 11.9 Å². The molecule has 6 heteroatoms. The van der Waals surface area contributed by atoms with Gasteiger partial charge in [0.25, 0.3) is 11.8 Å².